The number of hydrogen-bond acceptors (Lipinski definition) is 7. The summed E-state index contributed by atoms with van der Waals surface area (Å²) in [5.41, 5.74) is 1.91. The molecule has 0 bridgehead atoms. The first-order chi connectivity index (χ1) is 11.2. The summed E-state index contributed by atoms with van der Waals surface area (Å²) in [6.07, 6.45) is 2.70. The van der Waals surface area contributed by atoms with Gasteiger partial charge in [0.2, 0.25) is 11.8 Å². The van der Waals surface area contributed by atoms with Crippen molar-refractivity contribution < 1.29 is 9.47 Å². The number of aliphatic imine (C=N–C) groups is 1. The van der Waals surface area contributed by atoms with Crippen LogP contribution in [0.15, 0.2) is 22.8 Å². The van der Waals surface area contributed by atoms with Gasteiger partial charge in [-0.05, 0) is 13.3 Å². The molecule has 0 radical (unpaired) electrons. The molecule has 1 aliphatic rings. The lowest BCUT2D eigenvalue weighted by atomic mass is 10.3. The van der Waals surface area contributed by atoms with Crippen molar-refractivity contribution >= 4 is 17.7 Å². The van der Waals surface area contributed by atoms with Crippen LogP contribution in [0.25, 0.3) is 0 Å². The van der Waals surface area contributed by atoms with Crippen LogP contribution in [0.1, 0.15) is 19.0 Å². The largest absolute Gasteiger partial charge is 0.481 e. The van der Waals surface area contributed by atoms with Gasteiger partial charge >= 0.3 is 0 Å². The van der Waals surface area contributed by atoms with Gasteiger partial charge in [-0.15, -0.1) is 0 Å². The molecule has 1 N–H and O–H groups in total. The molecule has 1 aliphatic heterocycles. The minimum atomic E-state index is 0.577. The van der Waals surface area contributed by atoms with Crippen LogP contribution in [0, 0.1) is 6.92 Å². The van der Waals surface area contributed by atoms with Crippen molar-refractivity contribution in [2.75, 3.05) is 50.7 Å². The van der Waals surface area contributed by atoms with E-state index in [2.05, 4.69) is 32.1 Å². The molecule has 0 unspecified atom stereocenters. The SMILES string of the molecule is CC/C(=C\C(=NC)OC)Nc1cc(C)nc(N2CCOCC2)n1. The minimum absolute atomic E-state index is 0.577. The number of rotatable bonds is 5. The fourth-order valence-electron chi connectivity index (χ4n) is 2.28. The molecule has 0 aromatic carbocycles. The van der Waals surface area contributed by atoms with E-state index in [1.54, 1.807) is 14.2 Å². The number of aryl methyl sites for hydroxylation is 1. The molecule has 1 aromatic rings. The zero-order chi connectivity index (χ0) is 16.7. The monoisotopic (exact) mass is 319 g/mol. The number of allylic oxidation sites excluding steroid dienone is 1. The van der Waals surface area contributed by atoms with Crippen LogP contribution in [0.2, 0.25) is 0 Å². The van der Waals surface area contributed by atoms with E-state index in [4.69, 9.17) is 9.47 Å². The Balaban J connectivity index is 2.20. The summed E-state index contributed by atoms with van der Waals surface area (Å²) in [4.78, 5) is 15.4. The van der Waals surface area contributed by atoms with Gasteiger partial charge in [-0.1, -0.05) is 6.92 Å². The lowest BCUT2D eigenvalue weighted by molar-refractivity contribution is 0.122. The van der Waals surface area contributed by atoms with Gasteiger partial charge in [0, 0.05) is 43.7 Å². The van der Waals surface area contributed by atoms with Gasteiger partial charge in [0.15, 0.2) is 0 Å². The van der Waals surface area contributed by atoms with Crippen molar-refractivity contribution in [1.29, 1.82) is 0 Å². The maximum absolute atomic E-state index is 5.38. The summed E-state index contributed by atoms with van der Waals surface area (Å²) in [6.45, 7) is 7.10. The first-order valence-electron chi connectivity index (χ1n) is 7.83. The van der Waals surface area contributed by atoms with Crippen molar-refractivity contribution in [3.05, 3.63) is 23.5 Å². The Morgan fingerprint density at radius 3 is 2.78 bits per heavy atom. The van der Waals surface area contributed by atoms with E-state index in [0.717, 1.165) is 42.7 Å². The maximum atomic E-state index is 5.38. The zero-order valence-corrected chi connectivity index (χ0v) is 14.3. The Labute approximate surface area is 137 Å². The number of aromatic nitrogens is 2. The highest BCUT2D eigenvalue weighted by molar-refractivity contribution is 5.88. The minimum Gasteiger partial charge on any atom is -0.481 e. The third-order valence-corrected chi connectivity index (χ3v) is 3.53. The fraction of sp³-hybridized carbons (Fsp3) is 0.562. The van der Waals surface area contributed by atoms with Gasteiger partial charge in [-0.3, -0.25) is 4.99 Å². The van der Waals surface area contributed by atoms with Crippen LogP contribution in [-0.2, 0) is 9.47 Å². The summed E-state index contributed by atoms with van der Waals surface area (Å²) in [5.74, 6) is 2.09. The standard InChI is InChI=1S/C16H25N5O2/c1-5-13(11-15(17-3)22-4)19-14-10-12(2)18-16(20-14)21-6-8-23-9-7-21/h10-11H,5-9H2,1-4H3,(H,18,19,20)/b13-11+,17-15?. The van der Waals surface area contributed by atoms with Crippen LogP contribution in [-0.4, -0.2) is 56.3 Å². The molecule has 0 saturated carbocycles. The summed E-state index contributed by atoms with van der Waals surface area (Å²) in [7, 11) is 3.31. The molecule has 7 heteroatoms. The van der Waals surface area contributed by atoms with Crippen LogP contribution in [0.3, 0.4) is 0 Å². The number of methoxy groups -OCH3 is 1. The number of anilines is 2. The summed E-state index contributed by atoms with van der Waals surface area (Å²) in [6, 6.07) is 1.93. The average molecular weight is 319 g/mol. The molecule has 1 aromatic heterocycles. The Kier molecular flexibility index (Phi) is 6.34. The highest BCUT2D eigenvalue weighted by Gasteiger charge is 2.15. The molecule has 23 heavy (non-hydrogen) atoms. The molecule has 1 fully saturated rings. The second-order valence-electron chi connectivity index (χ2n) is 5.21. The van der Waals surface area contributed by atoms with Gasteiger partial charge in [0.1, 0.15) is 5.82 Å². The maximum Gasteiger partial charge on any atom is 0.227 e. The molecule has 2 heterocycles. The van der Waals surface area contributed by atoms with Gasteiger partial charge in [-0.25, -0.2) is 4.98 Å². The van der Waals surface area contributed by atoms with Crippen LogP contribution < -0.4 is 10.2 Å². The van der Waals surface area contributed by atoms with E-state index >= 15 is 0 Å². The second kappa shape index (κ2) is 8.47. The Morgan fingerprint density at radius 1 is 1.43 bits per heavy atom. The lowest BCUT2D eigenvalue weighted by Crippen LogP contribution is -2.37. The normalized spacial score (nSPS) is 16.4. The first-order valence-corrected chi connectivity index (χ1v) is 7.83. The average Bonchev–Trinajstić information content (AvgIpc) is 2.58. The third-order valence-electron chi connectivity index (χ3n) is 3.53. The molecule has 0 spiro atoms. The highest BCUT2D eigenvalue weighted by Crippen LogP contribution is 2.17. The summed E-state index contributed by atoms with van der Waals surface area (Å²) in [5, 5.41) is 3.34. The number of nitrogens with zero attached hydrogens (tertiary/aromatic N) is 4. The van der Waals surface area contributed by atoms with Gasteiger partial charge < -0.3 is 19.7 Å². The smallest absolute Gasteiger partial charge is 0.227 e. The fourth-order valence-corrected chi connectivity index (χ4v) is 2.28. The lowest BCUT2D eigenvalue weighted by Gasteiger charge is -2.27. The van der Waals surface area contributed by atoms with Crippen molar-refractivity contribution in [1.82, 2.24) is 9.97 Å². The van der Waals surface area contributed by atoms with E-state index in [1.807, 2.05) is 19.1 Å². The molecule has 7 nitrogen and oxygen atoms in total. The van der Waals surface area contributed by atoms with E-state index in [1.165, 1.54) is 0 Å². The molecule has 2 rings (SSSR count). The molecule has 0 amide bonds. The predicted molar refractivity (Wildman–Crippen MR) is 92.2 cm³/mol. The Hall–Kier alpha value is -2.15. The quantitative estimate of drug-likeness (QED) is 0.661. The van der Waals surface area contributed by atoms with E-state index in [9.17, 15) is 0 Å². The summed E-state index contributed by atoms with van der Waals surface area (Å²) >= 11 is 0. The molecular formula is C16H25N5O2. The number of hydrogen-bond donors (Lipinski definition) is 1. The second-order valence-corrected chi connectivity index (χ2v) is 5.21. The molecule has 0 atom stereocenters. The van der Waals surface area contributed by atoms with E-state index < -0.39 is 0 Å². The Bertz CT molecular complexity index is 580. The zero-order valence-electron chi connectivity index (χ0n) is 14.3. The molecule has 1 saturated heterocycles. The first kappa shape index (κ1) is 17.2. The third kappa shape index (κ3) is 4.92. The topological polar surface area (TPSA) is 71.9 Å². The van der Waals surface area contributed by atoms with Crippen LogP contribution >= 0.6 is 0 Å². The van der Waals surface area contributed by atoms with Gasteiger partial charge in [-0.2, -0.15) is 4.98 Å². The van der Waals surface area contributed by atoms with Crippen molar-refractivity contribution in [2.24, 2.45) is 4.99 Å². The number of morpholine rings is 1. The number of ether oxygens (including phenoxy) is 2. The molecular weight excluding hydrogens is 294 g/mol. The van der Waals surface area contributed by atoms with Gasteiger partial charge in [0.05, 0.1) is 20.3 Å². The summed E-state index contributed by atoms with van der Waals surface area (Å²) < 4.78 is 10.6. The van der Waals surface area contributed by atoms with E-state index in [-0.39, 0.29) is 0 Å². The highest BCUT2D eigenvalue weighted by atomic mass is 16.5. The van der Waals surface area contributed by atoms with Crippen LogP contribution in [0.5, 0.6) is 0 Å². The predicted octanol–water partition coefficient (Wildman–Crippen LogP) is 2.00. The van der Waals surface area contributed by atoms with Gasteiger partial charge in [0.25, 0.3) is 0 Å². The van der Waals surface area contributed by atoms with Crippen molar-refractivity contribution in [3.8, 4) is 0 Å². The van der Waals surface area contributed by atoms with Crippen LogP contribution in [0.4, 0.5) is 11.8 Å². The van der Waals surface area contributed by atoms with E-state index in [0.29, 0.717) is 19.1 Å². The van der Waals surface area contributed by atoms with Crippen molar-refractivity contribution in [3.63, 3.8) is 0 Å². The molecule has 0 aliphatic carbocycles. The Morgan fingerprint density at radius 2 is 2.17 bits per heavy atom. The van der Waals surface area contributed by atoms with Crippen molar-refractivity contribution in [2.45, 2.75) is 20.3 Å². The molecule has 126 valence electrons. The number of nitrogens with one attached hydrogen (secondary N) is 1.